The Balaban J connectivity index is 1.23. The summed E-state index contributed by atoms with van der Waals surface area (Å²) in [5, 5.41) is 0.329. The summed E-state index contributed by atoms with van der Waals surface area (Å²) in [6.07, 6.45) is 12.4. The number of carbonyl (C=O) groups excluding carboxylic acids is 3. The standard InChI is InChI=1S/C41H36ClF2N5O5/c1-47-19-27-12-13-49(32(27)20-47)38-29(18-45-39-35(38)34-36(44)30(43)17-31(37(34)46-39)48(2)41(52)54-22-42)26-10-8-23-9-11-28(33(50)16-25(14-23)15-26)40(51)53-21-24-6-4-3-5-7-24/h3-11,14-15,17-18,27,32H,12-13,16,19-22H2,1-2H3,(H,45,46)/b23-9-,28-11+/t27-,32+/m0/s1. The van der Waals surface area contributed by atoms with Crippen LogP contribution in [0.25, 0.3) is 27.5 Å². The van der Waals surface area contributed by atoms with Gasteiger partial charge in [0.1, 0.15) is 17.8 Å². The van der Waals surface area contributed by atoms with Gasteiger partial charge >= 0.3 is 12.1 Å². The summed E-state index contributed by atoms with van der Waals surface area (Å²) in [6, 6.07) is 9.87. The molecule has 0 saturated carbocycles. The number of alkyl halides is 1. The molecule has 1 amide bonds. The van der Waals surface area contributed by atoms with Gasteiger partial charge in [-0.2, -0.15) is 0 Å². The van der Waals surface area contributed by atoms with E-state index in [2.05, 4.69) is 21.8 Å². The second kappa shape index (κ2) is 14.3. The molecule has 276 valence electrons. The number of ether oxygens (including phenoxy) is 2. The van der Waals surface area contributed by atoms with Gasteiger partial charge < -0.3 is 24.3 Å². The number of amides is 1. The monoisotopic (exact) mass is 751 g/mol. The number of likely N-dealkylation sites (tertiary alicyclic amines) is 1. The van der Waals surface area contributed by atoms with Crippen LogP contribution in [0.3, 0.4) is 0 Å². The number of nitrogens with one attached hydrogen (secondary N) is 1. The molecule has 2 bridgehead atoms. The van der Waals surface area contributed by atoms with E-state index in [1.54, 1.807) is 12.3 Å². The predicted molar refractivity (Wildman–Crippen MR) is 203 cm³/mol. The van der Waals surface area contributed by atoms with Gasteiger partial charge in [-0.15, -0.1) is 0 Å². The van der Waals surface area contributed by atoms with E-state index in [0.29, 0.717) is 45.9 Å². The summed E-state index contributed by atoms with van der Waals surface area (Å²) >= 11 is 5.64. The van der Waals surface area contributed by atoms with Crippen molar-refractivity contribution in [1.29, 1.82) is 0 Å². The fourth-order valence-corrected chi connectivity index (χ4v) is 8.13. The number of likely N-dealkylation sites (N-methyl/N-ethyl adjacent to an activating group) is 1. The van der Waals surface area contributed by atoms with Crippen LogP contribution in [0.4, 0.5) is 25.0 Å². The van der Waals surface area contributed by atoms with E-state index in [4.69, 9.17) is 26.1 Å². The molecular formula is C41H36ClF2N5O5. The van der Waals surface area contributed by atoms with Crippen LogP contribution >= 0.6 is 11.6 Å². The average Bonchev–Trinajstić information content (AvgIpc) is 3.80. The van der Waals surface area contributed by atoms with E-state index < -0.39 is 35.5 Å². The Hall–Kier alpha value is -5.59. The number of allylic oxidation sites excluding steroid dienone is 9. The lowest BCUT2D eigenvalue weighted by Crippen LogP contribution is -2.35. The highest BCUT2D eigenvalue weighted by molar-refractivity contribution is 6.20. The number of Topliss-reactive ketones (excluding diaryl/α,β-unsaturated/α-hetero) is 1. The fourth-order valence-electron chi connectivity index (χ4n) is 8.04. The van der Waals surface area contributed by atoms with Crippen molar-refractivity contribution in [2.24, 2.45) is 5.92 Å². The topological polar surface area (TPSA) is 108 Å². The molecule has 54 heavy (non-hydrogen) atoms. The van der Waals surface area contributed by atoms with Crippen molar-refractivity contribution < 1.29 is 32.6 Å². The number of benzene rings is 2. The second-order valence-corrected chi connectivity index (χ2v) is 14.2. The zero-order chi connectivity index (χ0) is 37.7. The van der Waals surface area contributed by atoms with E-state index in [9.17, 15) is 14.4 Å². The summed E-state index contributed by atoms with van der Waals surface area (Å²) in [5.41, 5.74) is 4.72. The summed E-state index contributed by atoms with van der Waals surface area (Å²) in [7, 11) is 3.46. The Morgan fingerprint density at radius 3 is 2.69 bits per heavy atom. The molecule has 2 fully saturated rings. The van der Waals surface area contributed by atoms with Crippen molar-refractivity contribution in [2.45, 2.75) is 25.5 Å². The highest BCUT2D eigenvalue weighted by atomic mass is 35.5. The molecule has 2 aromatic carbocycles. The van der Waals surface area contributed by atoms with Gasteiger partial charge in [0, 0.05) is 57.0 Å². The van der Waals surface area contributed by atoms with Crippen molar-refractivity contribution in [3.05, 3.63) is 119 Å². The van der Waals surface area contributed by atoms with Gasteiger partial charge in [0.15, 0.2) is 23.5 Å². The smallest absolute Gasteiger partial charge is 0.415 e. The van der Waals surface area contributed by atoms with E-state index >= 15 is 8.78 Å². The molecule has 1 N–H and O–H groups in total. The van der Waals surface area contributed by atoms with Crippen molar-refractivity contribution >= 4 is 68.3 Å². The molecule has 4 aromatic rings. The molecule has 2 aromatic heterocycles. The average molecular weight is 752 g/mol. The number of pyridine rings is 1. The zero-order valence-electron chi connectivity index (χ0n) is 29.6. The van der Waals surface area contributed by atoms with E-state index in [1.807, 2.05) is 54.6 Å². The minimum atomic E-state index is -1.14. The van der Waals surface area contributed by atoms with Crippen LogP contribution in [-0.2, 0) is 25.7 Å². The molecule has 0 radical (unpaired) electrons. The molecule has 2 aliphatic heterocycles. The third-order valence-electron chi connectivity index (χ3n) is 10.6. The van der Waals surface area contributed by atoms with E-state index in [-0.39, 0.29) is 41.2 Å². The number of aromatic nitrogens is 2. The second-order valence-electron chi connectivity index (χ2n) is 14.0. The maximum atomic E-state index is 16.2. The highest BCUT2D eigenvalue weighted by Gasteiger charge is 2.42. The maximum absolute atomic E-state index is 16.2. The van der Waals surface area contributed by atoms with Gasteiger partial charge in [-0.05, 0) is 47.7 Å². The van der Waals surface area contributed by atoms with Crippen LogP contribution in [-0.4, -0.2) is 78.6 Å². The van der Waals surface area contributed by atoms with Crippen molar-refractivity contribution in [1.82, 2.24) is 14.9 Å². The number of rotatable bonds is 7. The summed E-state index contributed by atoms with van der Waals surface area (Å²) in [5.74, 6) is -2.95. The molecule has 4 aliphatic rings. The van der Waals surface area contributed by atoms with Crippen LogP contribution in [0, 0.1) is 17.6 Å². The lowest BCUT2D eigenvalue weighted by molar-refractivity contribution is -0.141. The van der Waals surface area contributed by atoms with Gasteiger partial charge in [0.05, 0.1) is 27.7 Å². The molecule has 2 saturated heterocycles. The molecule has 0 spiro atoms. The van der Waals surface area contributed by atoms with Gasteiger partial charge in [-0.1, -0.05) is 72.3 Å². The normalized spacial score (nSPS) is 21.7. The minimum Gasteiger partial charge on any atom is -0.457 e. The summed E-state index contributed by atoms with van der Waals surface area (Å²) < 4.78 is 42.2. The molecule has 2 atom stereocenters. The number of hydrogen-bond donors (Lipinski definition) is 1. The minimum absolute atomic E-state index is 0.0352. The number of anilines is 2. The van der Waals surface area contributed by atoms with Crippen molar-refractivity contribution in [2.75, 3.05) is 49.6 Å². The number of hydrogen-bond acceptors (Lipinski definition) is 8. The van der Waals surface area contributed by atoms with Gasteiger partial charge in [-0.25, -0.2) is 23.4 Å². The van der Waals surface area contributed by atoms with E-state index in [0.717, 1.165) is 41.6 Å². The number of esters is 1. The number of H-pyrrole nitrogens is 1. The molecule has 2 aliphatic carbocycles. The number of ketones is 1. The highest BCUT2D eigenvalue weighted by Crippen LogP contribution is 2.47. The third kappa shape index (κ3) is 6.39. The lowest BCUT2D eigenvalue weighted by atomic mass is 9.95. The van der Waals surface area contributed by atoms with Crippen molar-refractivity contribution in [3.8, 4) is 0 Å². The van der Waals surface area contributed by atoms with Crippen LogP contribution < -0.4 is 9.80 Å². The zero-order valence-corrected chi connectivity index (χ0v) is 30.3. The Kier molecular flexibility index (Phi) is 9.41. The SMILES string of the molecule is CN1C[C@@H]2CCN(c3c(C4=CC5=C/C(=C\C=C(\C(=O)OCc6ccccc6)C(=O)C5)C=C4)cnc4[nH]c5c(N(C)C(=O)OCCl)cc(F)c(F)c5c34)[C@@H]2C1. The molecule has 8 rings (SSSR count). The Morgan fingerprint density at radius 1 is 1.07 bits per heavy atom. The number of fused-ring (bicyclic) bond motifs is 5. The number of aromatic amines is 1. The number of carbonyl (C=O) groups is 3. The van der Waals surface area contributed by atoms with Gasteiger partial charge in [0.25, 0.3) is 0 Å². The van der Waals surface area contributed by atoms with Gasteiger partial charge in [0.2, 0.25) is 0 Å². The number of halogens is 3. The third-order valence-corrected chi connectivity index (χ3v) is 10.7. The van der Waals surface area contributed by atoms with E-state index in [1.165, 1.54) is 13.1 Å². The summed E-state index contributed by atoms with van der Waals surface area (Å²) in [4.78, 5) is 53.0. The first-order valence-corrected chi connectivity index (χ1v) is 18.2. The molecular weight excluding hydrogens is 716 g/mol. The van der Waals surface area contributed by atoms with Gasteiger partial charge in [-0.3, -0.25) is 9.69 Å². The molecule has 13 heteroatoms. The van der Waals surface area contributed by atoms with Crippen LogP contribution in [0.15, 0.2) is 95.8 Å². The fraction of sp³-hybridized carbons (Fsp3) is 0.268. The predicted octanol–water partition coefficient (Wildman–Crippen LogP) is 7.35. The number of nitrogens with zero attached hydrogens (tertiary/aromatic N) is 4. The largest absolute Gasteiger partial charge is 0.457 e. The first-order chi connectivity index (χ1) is 26.1. The lowest BCUT2D eigenvalue weighted by Gasteiger charge is -2.30. The Morgan fingerprint density at radius 2 is 1.89 bits per heavy atom. The first-order valence-electron chi connectivity index (χ1n) is 17.6. The van der Waals surface area contributed by atoms with Crippen LogP contribution in [0.2, 0.25) is 0 Å². The molecule has 10 nitrogen and oxygen atoms in total. The van der Waals surface area contributed by atoms with Crippen LogP contribution in [0.5, 0.6) is 0 Å². The Bertz CT molecular complexity index is 2380. The van der Waals surface area contributed by atoms with Crippen molar-refractivity contribution in [3.63, 3.8) is 0 Å². The maximum Gasteiger partial charge on any atom is 0.415 e. The van der Waals surface area contributed by atoms with Crippen LogP contribution in [0.1, 0.15) is 24.0 Å². The first kappa shape index (κ1) is 35.4. The molecule has 4 heterocycles. The molecule has 0 unspecified atom stereocenters. The Labute approximate surface area is 314 Å². The summed E-state index contributed by atoms with van der Waals surface area (Å²) in [6.45, 7) is 2.40. The quantitative estimate of drug-likeness (QED) is 0.119.